The number of hydrogen-bond donors (Lipinski definition) is 0. The van der Waals surface area contributed by atoms with E-state index in [1.807, 2.05) is 13.0 Å². The molecule has 0 fully saturated rings. The highest BCUT2D eigenvalue weighted by Gasteiger charge is 2.15. The van der Waals surface area contributed by atoms with Gasteiger partial charge in [0, 0.05) is 18.3 Å². The van der Waals surface area contributed by atoms with Crippen molar-refractivity contribution >= 4 is 0 Å². The fourth-order valence-electron chi connectivity index (χ4n) is 2.05. The van der Waals surface area contributed by atoms with Crippen molar-refractivity contribution < 1.29 is 17.9 Å². The Balaban J connectivity index is 1.84. The van der Waals surface area contributed by atoms with Gasteiger partial charge in [-0.3, -0.25) is 0 Å². The lowest BCUT2D eigenvalue weighted by Gasteiger charge is -2.08. The van der Waals surface area contributed by atoms with E-state index in [0.29, 0.717) is 11.9 Å². The van der Waals surface area contributed by atoms with Crippen LogP contribution < -0.4 is 4.74 Å². The van der Waals surface area contributed by atoms with Crippen LogP contribution >= 0.6 is 0 Å². The molecule has 0 aliphatic heterocycles. The second-order valence-electron chi connectivity index (χ2n) is 4.87. The molecule has 0 bridgehead atoms. The Hall–Kier alpha value is -2.97. The van der Waals surface area contributed by atoms with Crippen molar-refractivity contribution in [2.75, 3.05) is 0 Å². The molecule has 24 heavy (non-hydrogen) atoms. The number of benzene rings is 1. The van der Waals surface area contributed by atoms with Crippen LogP contribution in [0.4, 0.5) is 13.2 Å². The van der Waals surface area contributed by atoms with Gasteiger partial charge in [0.25, 0.3) is 0 Å². The van der Waals surface area contributed by atoms with Gasteiger partial charge >= 0.3 is 0 Å². The largest absolute Gasteiger partial charge is 0.482 e. The minimum absolute atomic E-state index is 0.208. The monoisotopic (exact) mass is 335 g/mol. The summed E-state index contributed by atoms with van der Waals surface area (Å²) in [6.07, 6.45) is 2.42. The molecule has 0 radical (unpaired) electrons. The first-order valence-electron chi connectivity index (χ1n) is 7.08. The van der Waals surface area contributed by atoms with Crippen LogP contribution in [0.2, 0.25) is 0 Å². The maximum absolute atomic E-state index is 13.6. The summed E-state index contributed by atoms with van der Waals surface area (Å²) in [5.41, 5.74) is 1.03. The summed E-state index contributed by atoms with van der Waals surface area (Å²) in [6, 6.07) is 4.84. The van der Waals surface area contributed by atoms with E-state index in [-0.39, 0.29) is 12.4 Å². The fraction of sp³-hybridized carbons (Fsp3) is 0.200. The van der Waals surface area contributed by atoms with Crippen molar-refractivity contribution in [3.63, 3.8) is 0 Å². The Morgan fingerprint density at radius 2 is 2.00 bits per heavy atom. The number of aromatic nitrogens is 5. The lowest BCUT2D eigenvalue weighted by Crippen LogP contribution is -2.09. The maximum atomic E-state index is 13.6. The van der Waals surface area contributed by atoms with E-state index in [9.17, 15) is 13.2 Å². The zero-order valence-electron chi connectivity index (χ0n) is 12.6. The number of ether oxygens (including phenoxy) is 1. The summed E-state index contributed by atoms with van der Waals surface area (Å²) in [5, 5.41) is 11.1. The third kappa shape index (κ3) is 3.19. The van der Waals surface area contributed by atoms with Crippen LogP contribution in [0.1, 0.15) is 18.3 Å². The van der Waals surface area contributed by atoms with Crippen molar-refractivity contribution in [2.45, 2.75) is 20.0 Å². The van der Waals surface area contributed by atoms with E-state index >= 15 is 0 Å². The van der Waals surface area contributed by atoms with Gasteiger partial charge in [-0.2, -0.15) is 9.07 Å². The lowest BCUT2D eigenvalue weighted by atomic mass is 10.2. The quantitative estimate of drug-likeness (QED) is 0.671. The number of aryl methyl sites for hydroxylation is 1. The van der Waals surface area contributed by atoms with Crippen LogP contribution in [0.5, 0.6) is 5.75 Å². The standard InChI is InChI=1S/C15H12F3N5O/c1-2-9-3-4-19-13(5-9)23-14(20-21-22-23)8-24-12-7-10(16)6-11(17)15(12)18/h3-7H,2,8H2,1H3. The molecule has 2 aromatic heterocycles. The molecule has 9 heteroatoms. The molecule has 0 N–H and O–H groups in total. The number of rotatable bonds is 5. The topological polar surface area (TPSA) is 65.7 Å². The smallest absolute Gasteiger partial charge is 0.200 e. The van der Waals surface area contributed by atoms with Gasteiger partial charge in [0.15, 0.2) is 29.8 Å². The van der Waals surface area contributed by atoms with Gasteiger partial charge < -0.3 is 4.74 Å². The lowest BCUT2D eigenvalue weighted by molar-refractivity contribution is 0.270. The molecule has 0 unspecified atom stereocenters. The number of tetrazole rings is 1. The molecule has 0 amide bonds. The zero-order valence-corrected chi connectivity index (χ0v) is 12.6. The van der Waals surface area contributed by atoms with Crippen molar-refractivity contribution in [1.29, 1.82) is 0 Å². The van der Waals surface area contributed by atoms with Crippen LogP contribution in [0, 0.1) is 17.5 Å². The predicted molar refractivity (Wildman–Crippen MR) is 77.0 cm³/mol. The molecule has 0 spiro atoms. The third-order valence-corrected chi connectivity index (χ3v) is 3.29. The van der Waals surface area contributed by atoms with Gasteiger partial charge in [0.2, 0.25) is 5.82 Å². The van der Waals surface area contributed by atoms with Gasteiger partial charge in [-0.1, -0.05) is 6.92 Å². The summed E-state index contributed by atoms with van der Waals surface area (Å²) in [5.74, 6) is -3.44. The number of halogens is 3. The Bertz CT molecular complexity index is 868. The van der Waals surface area contributed by atoms with Crippen LogP contribution in [-0.2, 0) is 13.0 Å². The summed E-state index contributed by atoms with van der Waals surface area (Å²) in [7, 11) is 0. The molecule has 0 saturated carbocycles. The molecule has 0 atom stereocenters. The van der Waals surface area contributed by atoms with E-state index in [1.54, 1.807) is 12.3 Å². The first-order valence-corrected chi connectivity index (χ1v) is 7.08. The van der Waals surface area contributed by atoms with Crippen LogP contribution in [0.15, 0.2) is 30.5 Å². The SMILES string of the molecule is CCc1ccnc(-n2nnnc2COc2cc(F)cc(F)c2F)c1. The fourth-order valence-corrected chi connectivity index (χ4v) is 2.05. The first kappa shape index (κ1) is 15.9. The first-order chi connectivity index (χ1) is 11.6. The second kappa shape index (κ2) is 6.65. The summed E-state index contributed by atoms with van der Waals surface area (Å²) in [4.78, 5) is 4.16. The molecule has 3 rings (SSSR count). The summed E-state index contributed by atoms with van der Waals surface area (Å²) < 4.78 is 46.4. The zero-order chi connectivity index (χ0) is 17.1. The van der Waals surface area contributed by atoms with Crippen molar-refractivity contribution in [2.24, 2.45) is 0 Å². The van der Waals surface area contributed by atoms with Gasteiger partial charge in [-0.05, 0) is 34.5 Å². The van der Waals surface area contributed by atoms with Gasteiger partial charge in [-0.15, -0.1) is 5.10 Å². The number of pyridine rings is 1. The Labute approximate surface area is 134 Å². The van der Waals surface area contributed by atoms with Crippen LogP contribution in [-0.4, -0.2) is 25.2 Å². The van der Waals surface area contributed by atoms with E-state index in [2.05, 4.69) is 20.5 Å². The average molecular weight is 335 g/mol. The Kier molecular flexibility index (Phi) is 4.41. The molecule has 3 aromatic rings. The highest BCUT2D eigenvalue weighted by Crippen LogP contribution is 2.22. The van der Waals surface area contributed by atoms with Crippen molar-refractivity contribution in [3.8, 4) is 11.6 Å². The molecule has 124 valence electrons. The summed E-state index contributed by atoms with van der Waals surface area (Å²) >= 11 is 0. The second-order valence-corrected chi connectivity index (χ2v) is 4.87. The van der Waals surface area contributed by atoms with Gasteiger partial charge in [0.05, 0.1) is 0 Å². The highest BCUT2D eigenvalue weighted by atomic mass is 19.2. The molecule has 0 aliphatic rings. The molecule has 1 aromatic carbocycles. The Morgan fingerprint density at radius 1 is 1.17 bits per heavy atom. The van der Waals surface area contributed by atoms with Gasteiger partial charge in [-0.25, -0.2) is 13.8 Å². The molecule has 0 saturated heterocycles. The summed E-state index contributed by atoms with van der Waals surface area (Å²) in [6.45, 7) is 1.70. The van der Waals surface area contributed by atoms with Crippen LogP contribution in [0.25, 0.3) is 5.82 Å². The van der Waals surface area contributed by atoms with E-state index in [0.717, 1.165) is 18.1 Å². The van der Waals surface area contributed by atoms with Crippen molar-refractivity contribution in [3.05, 3.63) is 59.3 Å². The van der Waals surface area contributed by atoms with E-state index < -0.39 is 23.2 Å². The maximum Gasteiger partial charge on any atom is 0.200 e. The molecular weight excluding hydrogens is 323 g/mol. The average Bonchev–Trinajstić information content (AvgIpc) is 3.05. The minimum Gasteiger partial charge on any atom is -0.482 e. The van der Waals surface area contributed by atoms with Gasteiger partial charge in [0.1, 0.15) is 5.82 Å². The third-order valence-electron chi connectivity index (χ3n) is 3.29. The number of nitrogens with zero attached hydrogens (tertiary/aromatic N) is 5. The predicted octanol–water partition coefficient (Wildman–Crippen LogP) is 2.62. The van der Waals surface area contributed by atoms with Crippen molar-refractivity contribution in [1.82, 2.24) is 25.2 Å². The van der Waals surface area contributed by atoms with E-state index in [1.165, 1.54) is 4.68 Å². The van der Waals surface area contributed by atoms with Crippen LogP contribution in [0.3, 0.4) is 0 Å². The molecular formula is C15H12F3N5O. The molecule has 6 nitrogen and oxygen atoms in total. The minimum atomic E-state index is -1.33. The Morgan fingerprint density at radius 3 is 2.79 bits per heavy atom. The van der Waals surface area contributed by atoms with E-state index in [4.69, 9.17) is 4.74 Å². The normalized spacial score (nSPS) is 10.8. The molecule has 2 heterocycles. The number of hydrogen-bond acceptors (Lipinski definition) is 5. The molecule has 0 aliphatic carbocycles. The highest BCUT2D eigenvalue weighted by molar-refractivity contribution is 5.28.